The summed E-state index contributed by atoms with van der Waals surface area (Å²) in [5, 5.41) is 12.6. The largest absolute Gasteiger partial charge is 0.420 e. The summed E-state index contributed by atoms with van der Waals surface area (Å²) in [6, 6.07) is 17.6. The molecular weight excluding hydrogens is 336 g/mol. The van der Waals surface area contributed by atoms with Crippen LogP contribution in [0, 0.1) is 6.92 Å². The van der Waals surface area contributed by atoms with Crippen molar-refractivity contribution in [2.75, 3.05) is 0 Å². The molecule has 0 atom stereocenters. The van der Waals surface area contributed by atoms with Gasteiger partial charge in [-0.15, -0.1) is 10.2 Å². The number of thioether (sulfide) groups is 1. The molecule has 124 valence electrons. The van der Waals surface area contributed by atoms with Gasteiger partial charge in [0, 0.05) is 11.1 Å². The molecule has 25 heavy (non-hydrogen) atoms. The summed E-state index contributed by atoms with van der Waals surface area (Å²) in [5.74, 6) is 2.05. The van der Waals surface area contributed by atoms with Crippen molar-refractivity contribution in [1.29, 1.82) is 0 Å². The third kappa shape index (κ3) is 3.61. The van der Waals surface area contributed by atoms with Gasteiger partial charge in [-0.25, -0.2) is 0 Å². The number of hydrogen-bond acceptors (Lipinski definition) is 7. The van der Waals surface area contributed by atoms with E-state index in [9.17, 15) is 0 Å². The van der Waals surface area contributed by atoms with Crippen molar-refractivity contribution in [3.8, 4) is 22.8 Å². The predicted octanol–water partition coefficient (Wildman–Crippen LogP) is 4.39. The second-order valence-corrected chi connectivity index (χ2v) is 6.33. The van der Waals surface area contributed by atoms with Crippen molar-refractivity contribution in [1.82, 2.24) is 20.3 Å². The number of benzene rings is 2. The molecule has 4 rings (SSSR count). The Hall–Kier alpha value is -2.93. The fraction of sp³-hybridized carbons (Fsp3) is 0.111. The van der Waals surface area contributed by atoms with Gasteiger partial charge in [-0.2, -0.15) is 4.98 Å². The Labute approximate surface area is 148 Å². The van der Waals surface area contributed by atoms with Crippen molar-refractivity contribution in [2.45, 2.75) is 17.9 Å². The summed E-state index contributed by atoms with van der Waals surface area (Å²) in [5.41, 5.74) is 3.00. The fourth-order valence-corrected chi connectivity index (χ4v) is 2.83. The molecule has 0 saturated carbocycles. The van der Waals surface area contributed by atoms with E-state index < -0.39 is 0 Å². The smallest absolute Gasteiger partial charge is 0.286 e. The fourth-order valence-electron chi connectivity index (χ4n) is 2.22. The maximum Gasteiger partial charge on any atom is 0.286 e. The van der Waals surface area contributed by atoms with Crippen LogP contribution in [0.5, 0.6) is 0 Å². The van der Waals surface area contributed by atoms with Crippen molar-refractivity contribution >= 4 is 11.8 Å². The van der Waals surface area contributed by atoms with E-state index >= 15 is 0 Å². The number of hydrogen-bond donors (Lipinski definition) is 0. The summed E-state index contributed by atoms with van der Waals surface area (Å²) >= 11 is 1.36. The van der Waals surface area contributed by atoms with Crippen LogP contribution < -0.4 is 0 Å². The van der Waals surface area contributed by atoms with E-state index in [2.05, 4.69) is 20.3 Å². The minimum atomic E-state index is 0.468. The first-order valence-electron chi connectivity index (χ1n) is 7.69. The Kier molecular flexibility index (Phi) is 4.30. The molecule has 2 heterocycles. The van der Waals surface area contributed by atoms with E-state index in [1.165, 1.54) is 17.3 Å². The molecule has 0 saturated heterocycles. The number of aryl methyl sites for hydroxylation is 1. The van der Waals surface area contributed by atoms with E-state index in [1.54, 1.807) is 0 Å². The first-order chi connectivity index (χ1) is 12.3. The topological polar surface area (TPSA) is 77.8 Å². The zero-order valence-electron chi connectivity index (χ0n) is 13.4. The highest BCUT2D eigenvalue weighted by Gasteiger charge is 2.12. The Balaban J connectivity index is 1.42. The lowest BCUT2D eigenvalue weighted by Crippen LogP contribution is -1.82. The quantitative estimate of drug-likeness (QED) is 0.494. The average Bonchev–Trinajstić information content (AvgIpc) is 3.31. The molecule has 0 aliphatic heterocycles. The molecule has 0 fully saturated rings. The monoisotopic (exact) mass is 350 g/mol. The average molecular weight is 350 g/mol. The van der Waals surface area contributed by atoms with E-state index in [4.69, 9.17) is 8.94 Å². The third-order valence-corrected chi connectivity index (χ3v) is 4.33. The maximum atomic E-state index is 5.66. The van der Waals surface area contributed by atoms with Crippen LogP contribution in [0.2, 0.25) is 0 Å². The van der Waals surface area contributed by atoms with Crippen molar-refractivity contribution in [2.24, 2.45) is 0 Å². The Bertz CT molecular complexity index is 964. The molecule has 2 aromatic heterocycles. The van der Waals surface area contributed by atoms with Crippen LogP contribution in [0.1, 0.15) is 11.5 Å². The number of rotatable bonds is 5. The first kappa shape index (κ1) is 15.6. The molecule has 0 spiro atoms. The van der Waals surface area contributed by atoms with Gasteiger partial charge < -0.3 is 8.94 Å². The molecular formula is C18H14N4O2S. The lowest BCUT2D eigenvalue weighted by molar-refractivity contribution is 0.341. The van der Waals surface area contributed by atoms with Crippen LogP contribution in [0.15, 0.2) is 68.8 Å². The van der Waals surface area contributed by atoms with Crippen LogP contribution in [-0.2, 0) is 5.75 Å². The normalized spacial score (nSPS) is 10.9. The van der Waals surface area contributed by atoms with Crippen molar-refractivity contribution in [3.05, 3.63) is 66.1 Å². The third-order valence-electron chi connectivity index (χ3n) is 3.52. The van der Waals surface area contributed by atoms with Crippen LogP contribution in [0.4, 0.5) is 0 Å². The first-order valence-corrected chi connectivity index (χ1v) is 8.68. The molecule has 0 radical (unpaired) electrons. The predicted molar refractivity (Wildman–Crippen MR) is 93.8 cm³/mol. The SMILES string of the molecule is Cc1ccc(-c2noc(SCc3nnc(-c4ccccc4)o3)n2)cc1. The van der Waals surface area contributed by atoms with Crippen LogP contribution in [0.3, 0.4) is 0 Å². The second-order valence-electron chi connectivity index (χ2n) is 5.41. The molecule has 0 bridgehead atoms. The number of aromatic nitrogens is 4. The molecule has 0 amide bonds. The van der Waals surface area contributed by atoms with E-state index in [1.807, 2.05) is 61.5 Å². The van der Waals surface area contributed by atoms with E-state index in [0.29, 0.717) is 28.6 Å². The molecule has 0 unspecified atom stereocenters. The van der Waals surface area contributed by atoms with Gasteiger partial charge in [-0.1, -0.05) is 64.9 Å². The summed E-state index contributed by atoms with van der Waals surface area (Å²) in [6.07, 6.45) is 0. The van der Waals surface area contributed by atoms with E-state index in [-0.39, 0.29) is 0 Å². The van der Waals surface area contributed by atoms with Crippen molar-refractivity contribution in [3.63, 3.8) is 0 Å². The highest BCUT2D eigenvalue weighted by Crippen LogP contribution is 2.25. The summed E-state index contributed by atoms with van der Waals surface area (Å²) in [6.45, 7) is 2.04. The molecule has 0 aliphatic rings. The minimum absolute atomic E-state index is 0.468. The standard InChI is InChI=1S/C18H14N4O2S/c1-12-7-9-13(10-8-12)16-19-18(24-22-16)25-11-15-20-21-17(23-15)14-5-3-2-4-6-14/h2-10H,11H2,1H3. The van der Waals surface area contributed by atoms with Gasteiger partial charge >= 0.3 is 0 Å². The lowest BCUT2D eigenvalue weighted by Gasteiger charge is -1.94. The van der Waals surface area contributed by atoms with Crippen molar-refractivity contribution < 1.29 is 8.94 Å². The molecule has 7 heteroatoms. The zero-order chi connectivity index (χ0) is 17.1. The lowest BCUT2D eigenvalue weighted by atomic mass is 10.1. The Morgan fingerprint density at radius 3 is 2.52 bits per heavy atom. The molecule has 6 nitrogen and oxygen atoms in total. The van der Waals surface area contributed by atoms with Gasteiger partial charge in [0.25, 0.3) is 5.22 Å². The van der Waals surface area contributed by atoms with Gasteiger partial charge in [0.15, 0.2) is 0 Å². The molecule has 2 aromatic carbocycles. The van der Waals surface area contributed by atoms with Gasteiger partial charge in [0.2, 0.25) is 17.6 Å². The summed E-state index contributed by atoms with van der Waals surface area (Å²) in [4.78, 5) is 4.39. The molecule has 0 N–H and O–H groups in total. The van der Waals surface area contributed by atoms with Gasteiger partial charge in [-0.05, 0) is 19.1 Å². The van der Waals surface area contributed by atoms with Crippen LogP contribution >= 0.6 is 11.8 Å². The summed E-state index contributed by atoms with van der Waals surface area (Å²) < 4.78 is 10.9. The molecule has 4 aromatic rings. The van der Waals surface area contributed by atoms with Gasteiger partial charge in [0.05, 0.1) is 5.75 Å². The highest BCUT2D eigenvalue weighted by atomic mass is 32.2. The Morgan fingerprint density at radius 1 is 0.920 bits per heavy atom. The summed E-state index contributed by atoms with van der Waals surface area (Å²) in [7, 11) is 0. The van der Waals surface area contributed by atoms with Crippen LogP contribution in [0.25, 0.3) is 22.8 Å². The molecule has 0 aliphatic carbocycles. The van der Waals surface area contributed by atoms with Crippen LogP contribution in [-0.4, -0.2) is 20.3 Å². The highest BCUT2D eigenvalue weighted by molar-refractivity contribution is 7.98. The van der Waals surface area contributed by atoms with Gasteiger partial charge in [0.1, 0.15) is 0 Å². The van der Waals surface area contributed by atoms with E-state index in [0.717, 1.165) is 11.1 Å². The minimum Gasteiger partial charge on any atom is -0.420 e. The maximum absolute atomic E-state index is 5.66. The Morgan fingerprint density at radius 2 is 1.72 bits per heavy atom. The zero-order valence-corrected chi connectivity index (χ0v) is 14.2. The second kappa shape index (κ2) is 6.90. The number of nitrogens with zero attached hydrogens (tertiary/aromatic N) is 4. The van der Waals surface area contributed by atoms with Gasteiger partial charge in [-0.3, -0.25) is 0 Å².